The summed E-state index contributed by atoms with van der Waals surface area (Å²) in [6, 6.07) is 10.0. The summed E-state index contributed by atoms with van der Waals surface area (Å²) in [6.07, 6.45) is 1.58. The van der Waals surface area contributed by atoms with Crippen LogP contribution in [0.5, 0.6) is 0 Å². The highest BCUT2D eigenvalue weighted by atomic mass is 35.5. The molecule has 24 heavy (non-hydrogen) atoms. The minimum absolute atomic E-state index is 0.138. The molecule has 0 unspecified atom stereocenters. The molecule has 5 nitrogen and oxygen atoms in total. The van der Waals surface area contributed by atoms with Gasteiger partial charge in [-0.25, -0.2) is 9.78 Å². The molecular formula is C17H12Cl2N2O3. The molecule has 0 N–H and O–H groups in total. The normalized spacial score (nSPS) is 10.8. The average Bonchev–Trinajstić information content (AvgIpc) is 2.98. The molecule has 0 spiro atoms. The Morgan fingerprint density at radius 3 is 2.71 bits per heavy atom. The van der Waals surface area contributed by atoms with Crippen molar-refractivity contribution < 1.29 is 14.3 Å². The molecule has 0 aliphatic carbocycles. The van der Waals surface area contributed by atoms with Gasteiger partial charge >= 0.3 is 5.97 Å². The van der Waals surface area contributed by atoms with Crippen LogP contribution in [0.15, 0.2) is 42.6 Å². The summed E-state index contributed by atoms with van der Waals surface area (Å²) < 4.78 is 6.82. The molecule has 122 valence electrons. The van der Waals surface area contributed by atoms with Crippen molar-refractivity contribution in [3.05, 3.63) is 69.6 Å². The summed E-state index contributed by atoms with van der Waals surface area (Å²) in [4.78, 5) is 28.4. The lowest BCUT2D eigenvalue weighted by Crippen LogP contribution is -2.15. The van der Waals surface area contributed by atoms with Crippen LogP contribution >= 0.6 is 23.2 Å². The predicted molar refractivity (Wildman–Crippen MR) is 91.0 cm³/mol. The zero-order chi connectivity index (χ0) is 17.3. The minimum Gasteiger partial charge on any atom is -0.453 e. The first-order chi connectivity index (χ1) is 11.5. The lowest BCUT2D eigenvalue weighted by Gasteiger charge is -2.04. The van der Waals surface area contributed by atoms with Gasteiger partial charge in [0.05, 0.1) is 5.02 Å². The largest absolute Gasteiger partial charge is 0.453 e. The quantitative estimate of drug-likeness (QED) is 0.520. The van der Waals surface area contributed by atoms with E-state index in [1.165, 1.54) is 12.1 Å². The smallest absolute Gasteiger partial charge is 0.359 e. The van der Waals surface area contributed by atoms with Crippen molar-refractivity contribution in [3.63, 3.8) is 0 Å². The fourth-order valence-corrected chi connectivity index (χ4v) is 2.76. The molecule has 3 rings (SSSR count). The standard InChI is InChI=1S/C17H12Cl2N2O3/c1-10-3-2-4-16-20-14(8-21(10)16)17(23)24-9-15(22)12-6-5-11(18)7-13(12)19/h2-8H,9H2,1H3. The van der Waals surface area contributed by atoms with E-state index < -0.39 is 18.4 Å². The third kappa shape index (κ3) is 3.27. The van der Waals surface area contributed by atoms with E-state index >= 15 is 0 Å². The molecule has 0 fully saturated rings. The Hall–Kier alpha value is -2.37. The van der Waals surface area contributed by atoms with Crippen molar-refractivity contribution in [1.82, 2.24) is 9.38 Å². The minimum atomic E-state index is -0.670. The van der Waals surface area contributed by atoms with Gasteiger partial charge in [0.2, 0.25) is 5.78 Å². The van der Waals surface area contributed by atoms with Gasteiger partial charge in [-0.1, -0.05) is 29.3 Å². The third-order valence-corrected chi connectivity index (χ3v) is 4.02. The molecule has 3 aromatic rings. The number of ketones is 1. The Kier molecular flexibility index (Phi) is 4.55. The second-order valence-corrected chi connectivity index (χ2v) is 5.99. The summed E-state index contributed by atoms with van der Waals surface area (Å²) in [7, 11) is 0. The summed E-state index contributed by atoms with van der Waals surface area (Å²) in [6.45, 7) is 1.48. The van der Waals surface area contributed by atoms with E-state index in [-0.39, 0.29) is 16.3 Å². The van der Waals surface area contributed by atoms with Gasteiger partial charge in [-0.15, -0.1) is 0 Å². The van der Waals surface area contributed by atoms with Crippen molar-refractivity contribution in [2.45, 2.75) is 6.92 Å². The fraction of sp³-hybridized carbons (Fsp3) is 0.118. The van der Waals surface area contributed by atoms with Crippen molar-refractivity contribution in [2.75, 3.05) is 6.61 Å². The number of ether oxygens (including phenoxy) is 1. The highest BCUT2D eigenvalue weighted by molar-refractivity contribution is 6.36. The Labute approximate surface area is 147 Å². The third-order valence-electron chi connectivity index (χ3n) is 3.47. The number of nitrogens with zero attached hydrogens (tertiary/aromatic N) is 2. The van der Waals surface area contributed by atoms with Crippen LogP contribution in [0.1, 0.15) is 26.5 Å². The maximum atomic E-state index is 12.1. The van der Waals surface area contributed by atoms with E-state index in [4.69, 9.17) is 27.9 Å². The number of pyridine rings is 1. The van der Waals surface area contributed by atoms with E-state index in [9.17, 15) is 9.59 Å². The summed E-state index contributed by atoms with van der Waals surface area (Å²) in [5.74, 6) is -1.08. The molecule has 2 aromatic heterocycles. The first-order valence-corrected chi connectivity index (χ1v) is 7.81. The highest BCUT2D eigenvalue weighted by Gasteiger charge is 2.17. The molecule has 0 radical (unpaired) electrons. The van der Waals surface area contributed by atoms with Crippen LogP contribution in [0.3, 0.4) is 0 Å². The van der Waals surface area contributed by atoms with Gasteiger partial charge in [0, 0.05) is 22.5 Å². The van der Waals surface area contributed by atoms with E-state index in [0.29, 0.717) is 10.7 Å². The van der Waals surface area contributed by atoms with Gasteiger partial charge in [0.15, 0.2) is 12.3 Å². The molecule has 2 heterocycles. The van der Waals surface area contributed by atoms with E-state index in [1.807, 2.05) is 19.1 Å². The summed E-state index contributed by atoms with van der Waals surface area (Å²) >= 11 is 11.8. The summed E-state index contributed by atoms with van der Waals surface area (Å²) in [5.41, 5.74) is 1.95. The number of halogens is 2. The van der Waals surface area contributed by atoms with Crippen LogP contribution in [0.2, 0.25) is 10.0 Å². The van der Waals surface area contributed by atoms with Crippen LogP contribution < -0.4 is 0 Å². The molecule has 0 amide bonds. The Morgan fingerprint density at radius 2 is 2.00 bits per heavy atom. The highest BCUT2D eigenvalue weighted by Crippen LogP contribution is 2.21. The van der Waals surface area contributed by atoms with E-state index in [0.717, 1.165) is 5.69 Å². The van der Waals surface area contributed by atoms with E-state index in [1.54, 1.807) is 22.7 Å². The Bertz CT molecular complexity index is 950. The Morgan fingerprint density at radius 1 is 1.21 bits per heavy atom. The topological polar surface area (TPSA) is 60.7 Å². The number of carbonyl (C=O) groups excluding carboxylic acids is 2. The first kappa shape index (κ1) is 16.5. The first-order valence-electron chi connectivity index (χ1n) is 7.06. The zero-order valence-corrected chi connectivity index (χ0v) is 14.1. The number of rotatable bonds is 4. The number of benzene rings is 1. The van der Waals surface area contributed by atoms with E-state index in [2.05, 4.69) is 4.98 Å². The number of aromatic nitrogens is 2. The second kappa shape index (κ2) is 6.63. The molecule has 0 saturated carbocycles. The molecule has 0 saturated heterocycles. The number of imidazole rings is 1. The van der Waals surface area contributed by atoms with Gasteiger partial charge in [0.25, 0.3) is 0 Å². The second-order valence-electron chi connectivity index (χ2n) is 5.14. The van der Waals surface area contributed by atoms with Crippen LogP contribution in [0.25, 0.3) is 5.65 Å². The SMILES string of the molecule is Cc1cccc2nc(C(=O)OCC(=O)c3ccc(Cl)cc3Cl)cn12. The van der Waals surface area contributed by atoms with Crippen molar-refractivity contribution >= 4 is 40.6 Å². The van der Waals surface area contributed by atoms with Crippen LogP contribution in [0, 0.1) is 6.92 Å². The van der Waals surface area contributed by atoms with Crippen molar-refractivity contribution in [2.24, 2.45) is 0 Å². The van der Waals surface area contributed by atoms with Crippen LogP contribution in [0.4, 0.5) is 0 Å². The van der Waals surface area contributed by atoms with Crippen molar-refractivity contribution in [1.29, 1.82) is 0 Å². The number of hydrogen-bond donors (Lipinski definition) is 0. The van der Waals surface area contributed by atoms with Gasteiger partial charge < -0.3 is 9.14 Å². The van der Waals surface area contributed by atoms with Crippen molar-refractivity contribution in [3.8, 4) is 0 Å². The average molecular weight is 363 g/mol. The molecule has 0 aliphatic heterocycles. The molecular weight excluding hydrogens is 351 g/mol. The molecule has 1 aromatic carbocycles. The monoisotopic (exact) mass is 362 g/mol. The molecule has 0 atom stereocenters. The van der Waals surface area contributed by atoms with Crippen LogP contribution in [-0.2, 0) is 4.74 Å². The number of aryl methyl sites for hydroxylation is 1. The van der Waals surface area contributed by atoms with Gasteiger partial charge in [-0.05, 0) is 37.3 Å². The van der Waals surface area contributed by atoms with Gasteiger partial charge in [-0.2, -0.15) is 0 Å². The van der Waals surface area contributed by atoms with Crippen LogP contribution in [-0.4, -0.2) is 27.7 Å². The zero-order valence-electron chi connectivity index (χ0n) is 12.6. The number of Topliss-reactive ketones (excluding diaryl/α,β-unsaturated/α-hetero) is 1. The molecule has 0 bridgehead atoms. The lowest BCUT2D eigenvalue weighted by molar-refractivity contribution is 0.0469. The lowest BCUT2D eigenvalue weighted by atomic mass is 10.1. The molecule has 7 heteroatoms. The number of carbonyl (C=O) groups is 2. The fourth-order valence-electron chi connectivity index (χ4n) is 2.25. The summed E-state index contributed by atoms with van der Waals surface area (Å²) in [5, 5.41) is 0.639. The molecule has 0 aliphatic rings. The van der Waals surface area contributed by atoms with Gasteiger partial charge in [0.1, 0.15) is 5.65 Å². The maximum absolute atomic E-state index is 12.1. The Balaban J connectivity index is 1.72. The number of fused-ring (bicyclic) bond motifs is 1. The van der Waals surface area contributed by atoms with Gasteiger partial charge in [-0.3, -0.25) is 4.79 Å². The predicted octanol–water partition coefficient (Wildman–Crippen LogP) is 3.99. The number of esters is 1. The maximum Gasteiger partial charge on any atom is 0.359 e. The number of hydrogen-bond acceptors (Lipinski definition) is 4.